The summed E-state index contributed by atoms with van der Waals surface area (Å²) in [4.78, 5) is 39.4. The Morgan fingerprint density at radius 1 is 1.19 bits per heavy atom. The Bertz CT molecular complexity index is 1160. The molecule has 1 aromatic heterocycles. The lowest BCUT2D eigenvalue weighted by molar-refractivity contribution is -0.109. The molecule has 2 aromatic rings. The number of para-hydroxylation sites is 1. The molecule has 3 rings (SSSR count). The number of hydrogen-bond donors (Lipinski definition) is 2. The number of rotatable bonds is 5. The van der Waals surface area contributed by atoms with Gasteiger partial charge in [0, 0.05) is 25.9 Å². The monoisotopic (exact) mass is 354 g/mol. The summed E-state index contributed by atoms with van der Waals surface area (Å²) in [7, 11) is 2.74. The van der Waals surface area contributed by atoms with Crippen LogP contribution < -0.4 is 27.1 Å². The van der Waals surface area contributed by atoms with E-state index in [2.05, 4.69) is 10.3 Å². The largest absolute Gasteiger partial charge is 0.494 e. The summed E-state index contributed by atoms with van der Waals surface area (Å²) in [5.41, 5.74) is 0.146. The second-order valence-corrected chi connectivity index (χ2v) is 5.90. The fourth-order valence-corrected chi connectivity index (χ4v) is 2.92. The van der Waals surface area contributed by atoms with E-state index in [1.807, 2.05) is 24.3 Å². The van der Waals surface area contributed by atoms with Gasteiger partial charge in [-0.1, -0.05) is 18.2 Å². The van der Waals surface area contributed by atoms with Crippen molar-refractivity contribution in [1.82, 2.24) is 14.5 Å². The van der Waals surface area contributed by atoms with Crippen LogP contribution in [0, 0.1) is 0 Å². The van der Waals surface area contributed by atoms with E-state index >= 15 is 0 Å². The third-order valence-corrected chi connectivity index (χ3v) is 4.33. The zero-order chi connectivity index (χ0) is 18.8. The van der Waals surface area contributed by atoms with Crippen molar-refractivity contribution in [2.75, 3.05) is 6.54 Å². The van der Waals surface area contributed by atoms with Crippen LogP contribution in [0.25, 0.3) is 11.6 Å². The molecule has 0 atom stereocenters. The van der Waals surface area contributed by atoms with Gasteiger partial charge < -0.3 is 10.4 Å². The number of aromatic nitrogens is 2. The first-order valence-electron chi connectivity index (χ1n) is 8.00. The Hall–Kier alpha value is -3.42. The van der Waals surface area contributed by atoms with Crippen molar-refractivity contribution in [3.05, 3.63) is 66.9 Å². The summed E-state index contributed by atoms with van der Waals surface area (Å²) < 4.78 is 1.94. The molecule has 0 aliphatic carbocycles. The molecule has 1 aromatic carbocycles. The zero-order valence-electron chi connectivity index (χ0n) is 14.4. The van der Waals surface area contributed by atoms with Crippen molar-refractivity contribution in [2.24, 2.45) is 19.1 Å². The van der Waals surface area contributed by atoms with E-state index in [-0.39, 0.29) is 5.56 Å². The Labute approximate surface area is 148 Å². The Morgan fingerprint density at radius 3 is 2.65 bits per heavy atom. The Morgan fingerprint density at radius 2 is 1.92 bits per heavy atom. The molecule has 1 aliphatic rings. The molecule has 2 heterocycles. The maximum absolute atomic E-state index is 12.4. The maximum atomic E-state index is 12.4. The van der Waals surface area contributed by atoms with Crippen LogP contribution in [0.5, 0.6) is 5.88 Å². The highest BCUT2D eigenvalue weighted by molar-refractivity contribution is 5.76. The third kappa shape index (κ3) is 2.85. The van der Waals surface area contributed by atoms with E-state index in [0.717, 1.165) is 25.3 Å². The van der Waals surface area contributed by atoms with Gasteiger partial charge in [0.25, 0.3) is 5.56 Å². The van der Waals surface area contributed by atoms with Gasteiger partial charge in [-0.25, -0.2) is 9.79 Å². The Kier molecular flexibility index (Phi) is 4.57. The number of hydrogen-bond acceptors (Lipinski definition) is 5. The summed E-state index contributed by atoms with van der Waals surface area (Å²) >= 11 is 0. The first kappa shape index (κ1) is 17.4. The van der Waals surface area contributed by atoms with Crippen molar-refractivity contribution in [3.63, 3.8) is 0 Å². The van der Waals surface area contributed by atoms with Crippen LogP contribution in [0.4, 0.5) is 0 Å². The number of aromatic hydroxyl groups is 1. The van der Waals surface area contributed by atoms with E-state index in [0.29, 0.717) is 25.1 Å². The zero-order valence-corrected chi connectivity index (χ0v) is 14.4. The van der Waals surface area contributed by atoms with Crippen LogP contribution in [0.3, 0.4) is 0 Å². The van der Waals surface area contributed by atoms with Crippen LogP contribution in [-0.2, 0) is 18.9 Å². The van der Waals surface area contributed by atoms with Crippen molar-refractivity contribution < 1.29 is 9.90 Å². The van der Waals surface area contributed by atoms with Crippen LogP contribution >= 0.6 is 0 Å². The molecule has 1 aliphatic heterocycles. The molecule has 0 unspecified atom stereocenters. The third-order valence-electron chi connectivity index (χ3n) is 4.33. The predicted molar refractivity (Wildman–Crippen MR) is 95.9 cm³/mol. The van der Waals surface area contributed by atoms with Gasteiger partial charge in [-0.2, -0.15) is 0 Å². The minimum atomic E-state index is -0.610. The molecule has 0 fully saturated rings. The van der Waals surface area contributed by atoms with Gasteiger partial charge in [-0.15, -0.1) is 0 Å². The number of nitrogens with one attached hydrogen (secondary N) is 1. The summed E-state index contributed by atoms with van der Waals surface area (Å²) in [6.45, 7) is 0.414. The van der Waals surface area contributed by atoms with Gasteiger partial charge in [0.15, 0.2) is 0 Å². The second kappa shape index (κ2) is 6.83. The van der Waals surface area contributed by atoms with Gasteiger partial charge >= 0.3 is 5.69 Å². The summed E-state index contributed by atoms with van der Waals surface area (Å²) in [6, 6.07) is 7.50. The van der Waals surface area contributed by atoms with E-state index in [4.69, 9.17) is 0 Å². The minimum absolute atomic E-state index is 0.0120. The number of nitrogens with zero attached hydrogens (tertiary/aromatic N) is 3. The molecule has 8 nitrogen and oxygen atoms in total. The highest BCUT2D eigenvalue weighted by Gasteiger charge is 2.17. The minimum Gasteiger partial charge on any atom is -0.494 e. The van der Waals surface area contributed by atoms with E-state index in [1.54, 1.807) is 0 Å². The van der Waals surface area contributed by atoms with Gasteiger partial charge in [0.05, 0.1) is 11.1 Å². The number of carbonyl (C=O) groups is 1. The number of fused-ring (bicyclic) bond motifs is 1. The molecule has 26 heavy (non-hydrogen) atoms. The molecule has 0 spiro atoms. The molecular weight excluding hydrogens is 336 g/mol. The first-order valence-corrected chi connectivity index (χ1v) is 8.00. The average Bonchev–Trinajstić information content (AvgIpc) is 3.00. The second-order valence-electron chi connectivity index (χ2n) is 5.90. The number of allylic oxidation sites excluding steroid dienone is 1. The van der Waals surface area contributed by atoms with Crippen molar-refractivity contribution in [1.29, 1.82) is 0 Å². The SMILES string of the molecule is Cn1c(O)c(/C=C2\N=c3ccccc3=C2CCNC=O)c(=O)n(C)c1=O. The van der Waals surface area contributed by atoms with Gasteiger partial charge in [-0.3, -0.25) is 18.7 Å². The Balaban J connectivity index is 2.21. The summed E-state index contributed by atoms with van der Waals surface area (Å²) in [6.07, 6.45) is 2.61. The molecular formula is C18H18N4O4. The van der Waals surface area contributed by atoms with Crippen molar-refractivity contribution in [3.8, 4) is 5.88 Å². The molecule has 2 N–H and O–H groups in total. The molecule has 0 bridgehead atoms. The highest BCUT2D eigenvalue weighted by Crippen LogP contribution is 2.22. The van der Waals surface area contributed by atoms with E-state index in [9.17, 15) is 19.5 Å². The number of amides is 1. The quantitative estimate of drug-likeness (QED) is 0.517. The average molecular weight is 354 g/mol. The lowest BCUT2D eigenvalue weighted by Gasteiger charge is -2.09. The lowest BCUT2D eigenvalue weighted by atomic mass is 10.1. The van der Waals surface area contributed by atoms with E-state index in [1.165, 1.54) is 20.2 Å². The van der Waals surface area contributed by atoms with Crippen LogP contribution in [0.1, 0.15) is 12.0 Å². The van der Waals surface area contributed by atoms with Gasteiger partial charge in [0.2, 0.25) is 12.3 Å². The molecule has 0 saturated heterocycles. The van der Waals surface area contributed by atoms with Gasteiger partial charge in [0.1, 0.15) is 5.56 Å². The topological polar surface area (TPSA) is 106 Å². The molecule has 0 radical (unpaired) electrons. The van der Waals surface area contributed by atoms with Crippen LogP contribution in [0.15, 0.2) is 44.5 Å². The highest BCUT2D eigenvalue weighted by atomic mass is 16.3. The van der Waals surface area contributed by atoms with Crippen LogP contribution in [-0.4, -0.2) is 27.2 Å². The lowest BCUT2D eigenvalue weighted by Crippen LogP contribution is -2.38. The molecule has 134 valence electrons. The van der Waals surface area contributed by atoms with Crippen LogP contribution in [0.2, 0.25) is 0 Å². The number of carbonyl (C=O) groups excluding carboxylic acids is 1. The maximum Gasteiger partial charge on any atom is 0.333 e. The molecule has 0 saturated carbocycles. The summed E-state index contributed by atoms with van der Waals surface area (Å²) in [5, 5.41) is 14.5. The number of benzene rings is 1. The van der Waals surface area contributed by atoms with Crippen molar-refractivity contribution in [2.45, 2.75) is 6.42 Å². The standard InChI is InChI=1S/C18H18N4O4/c1-21-16(24)13(17(25)22(2)18(21)26)9-15-12(7-8-19-10-23)11-5-3-4-6-14(11)20-15/h3-6,9-10,24H,7-8H2,1-2H3,(H,19,23)/b15-9-. The smallest absolute Gasteiger partial charge is 0.333 e. The van der Waals surface area contributed by atoms with Gasteiger partial charge in [-0.05, 0) is 24.1 Å². The fourth-order valence-electron chi connectivity index (χ4n) is 2.92. The summed E-state index contributed by atoms with van der Waals surface area (Å²) in [5.74, 6) is -0.415. The predicted octanol–water partition coefficient (Wildman–Crippen LogP) is -1.25. The van der Waals surface area contributed by atoms with E-state index < -0.39 is 17.1 Å². The molecule has 1 amide bonds. The fraction of sp³-hybridized carbons (Fsp3) is 0.222. The first-order chi connectivity index (χ1) is 12.5. The normalized spacial score (nSPS) is 14.2. The molecule has 8 heteroatoms. The van der Waals surface area contributed by atoms with Crippen molar-refractivity contribution >= 4 is 18.1 Å².